The molecule has 4 heteroatoms. The highest BCUT2D eigenvalue weighted by atomic mass is 32.1. The predicted octanol–water partition coefficient (Wildman–Crippen LogP) is 15.1. The zero-order valence-electron chi connectivity index (χ0n) is 33.3. The minimum Gasteiger partial charge on any atom is -0.455 e. The van der Waals surface area contributed by atoms with Gasteiger partial charge in [-0.1, -0.05) is 136 Å². The summed E-state index contributed by atoms with van der Waals surface area (Å²) in [5.74, 6) is 0.972. The molecule has 4 aliphatic carbocycles. The van der Waals surface area contributed by atoms with Crippen LogP contribution in [0.2, 0.25) is 0 Å². The number of aromatic nitrogens is 2. The van der Waals surface area contributed by atoms with Gasteiger partial charge in [0.05, 0.1) is 11.3 Å². The summed E-state index contributed by atoms with van der Waals surface area (Å²) >= 11 is 1.73. The maximum absolute atomic E-state index is 6.77. The van der Waals surface area contributed by atoms with Crippen LogP contribution in [0, 0.1) is 0 Å². The number of nitrogens with zero attached hydrogens (tertiary/aromatic N) is 2. The number of allylic oxidation sites excluding steroid dienone is 4. The number of hydrogen-bond donors (Lipinski definition) is 0. The number of furan rings is 1. The average molecular weight is 779 g/mol. The molecule has 0 aliphatic heterocycles. The summed E-state index contributed by atoms with van der Waals surface area (Å²) in [5.41, 5.74) is 18.2. The van der Waals surface area contributed by atoms with E-state index in [9.17, 15) is 0 Å². The number of para-hydroxylation sites is 1. The Kier molecular flexibility index (Phi) is 7.01. The van der Waals surface area contributed by atoms with Gasteiger partial charge >= 0.3 is 0 Å². The lowest BCUT2D eigenvalue weighted by atomic mass is 9.66. The Morgan fingerprint density at radius 2 is 1.42 bits per heavy atom. The molecule has 4 aliphatic rings. The third kappa shape index (κ3) is 4.70. The van der Waals surface area contributed by atoms with Crippen LogP contribution in [-0.4, -0.2) is 9.97 Å². The molecule has 0 N–H and O–H groups in total. The van der Waals surface area contributed by atoms with Gasteiger partial charge in [0.1, 0.15) is 16.0 Å². The molecule has 1 atom stereocenters. The first-order valence-electron chi connectivity index (χ1n) is 21.4. The second kappa shape index (κ2) is 12.2. The summed E-state index contributed by atoms with van der Waals surface area (Å²) in [6.07, 6.45) is 12.5. The quantitative estimate of drug-likeness (QED) is 0.179. The normalized spacial score (nSPS) is 18.6. The minimum absolute atomic E-state index is 0.0160. The van der Waals surface area contributed by atoms with Gasteiger partial charge < -0.3 is 4.42 Å². The molecule has 0 amide bonds. The molecule has 13 rings (SSSR count). The van der Waals surface area contributed by atoms with Crippen LogP contribution in [0.1, 0.15) is 86.1 Å². The van der Waals surface area contributed by atoms with Crippen LogP contribution in [0.5, 0.6) is 0 Å². The highest BCUT2D eigenvalue weighted by molar-refractivity contribution is 7.25. The monoisotopic (exact) mass is 778 g/mol. The molecule has 1 spiro atoms. The Balaban J connectivity index is 0.916. The van der Waals surface area contributed by atoms with Gasteiger partial charge in [0.25, 0.3) is 0 Å². The Bertz CT molecular complexity index is 3320. The largest absolute Gasteiger partial charge is 0.455 e. The molecule has 0 saturated heterocycles. The molecule has 3 nitrogen and oxygen atoms in total. The Morgan fingerprint density at radius 1 is 0.644 bits per heavy atom. The van der Waals surface area contributed by atoms with Crippen molar-refractivity contribution in [3.8, 4) is 33.8 Å². The van der Waals surface area contributed by atoms with Gasteiger partial charge in [0, 0.05) is 48.6 Å². The fourth-order valence-electron chi connectivity index (χ4n) is 11.6. The molecular weight excluding hydrogens is 737 g/mol. The molecule has 1 fully saturated rings. The third-order valence-corrected chi connectivity index (χ3v) is 15.6. The predicted molar refractivity (Wildman–Crippen MR) is 245 cm³/mol. The number of benzene rings is 6. The fraction of sp³-hybridized carbons (Fsp3) is 0.200. The summed E-state index contributed by atoms with van der Waals surface area (Å²) in [6.45, 7) is 4.83. The topological polar surface area (TPSA) is 38.9 Å². The van der Waals surface area contributed by atoms with Crippen LogP contribution in [0.3, 0.4) is 0 Å². The molecular formula is C55H42N2OS. The molecule has 1 unspecified atom stereocenters. The van der Waals surface area contributed by atoms with E-state index in [4.69, 9.17) is 14.4 Å². The van der Waals surface area contributed by atoms with Crippen molar-refractivity contribution in [2.24, 2.45) is 0 Å². The van der Waals surface area contributed by atoms with E-state index >= 15 is 0 Å². The van der Waals surface area contributed by atoms with Crippen molar-refractivity contribution in [1.29, 1.82) is 0 Å². The van der Waals surface area contributed by atoms with Gasteiger partial charge in [0.2, 0.25) is 0 Å². The Morgan fingerprint density at radius 3 is 2.32 bits per heavy atom. The lowest BCUT2D eigenvalue weighted by molar-refractivity contribution is 0.350. The summed E-state index contributed by atoms with van der Waals surface area (Å²) in [4.78, 5) is 11.6. The van der Waals surface area contributed by atoms with E-state index in [-0.39, 0.29) is 16.7 Å². The van der Waals surface area contributed by atoms with Gasteiger partial charge in [-0.2, -0.15) is 0 Å². The van der Waals surface area contributed by atoms with E-state index in [2.05, 4.69) is 153 Å². The number of rotatable bonds is 3. The van der Waals surface area contributed by atoms with Crippen LogP contribution < -0.4 is 0 Å². The van der Waals surface area contributed by atoms with Gasteiger partial charge in [0.15, 0.2) is 5.82 Å². The molecule has 3 heterocycles. The second-order valence-electron chi connectivity index (χ2n) is 17.9. The lowest BCUT2D eigenvalue weighted by Gasteiger charge is -2.38. The van der Waals surface area contributed by atoms with E-state index in [1.54, 1.807) is 28.0 Å². The number of fused-ring (bicyclic) bond motifs is 13. The minimum atomic E-state index is -0.0160. The van der Waals surface area contributed by atoms with Gasteiger partial charge in [-0.25, -0.2) is 9.97 Å². The smallest absolute Gasteiger partial charge is 0.165 e. The SMILES string of the molecule is CC1(C)c2ccccc2-c2cc3c(cc21)C1=C(C=CC(c2ccc4oc5c(-c6nc(-c7ccccc7)c7c(n6)sc6ccccc67)cccc5c4c2)C1)C31CCCCC1. The number of hydrogen-bond acceptors (Lipinski definition) is 4. The van der Waals surface area contributed by atoms with Gasteiger partial charge in [-0.15, -0.1) is 11.3 Å². The van der Waals surface area contributed by atoms with E-state index in [0.29, 0.717) is 5.82 Å². The molecule has 59 heavy (non-hydrogen) atoms. The van der Waals surface area contributed by atoms with E-state index in [0.717, 1.165) is 55.4 Å². The highest BCUT2D eigenvalue weighted by Crippen LogP contribution is 2.61. The van der Waals surface area contributed by atoms with Crippen molar-refractivity contribution < 1.29 is 4.42 Å². The summed E-state index contributed by atoms with van der Waals surface area (Å²) in [7, 11) is 0. The van der Waals surface area contributed by atoms with Crippen molar-refractivity contribution in [3.63, 3.8) is 0 Å². The lowest BCUT2D eigenvalue weighted by Crippen LogP contribution is -2.29. The van der Waals surface area contributed by atoms with Crippen LogP contribution in [0.15, 0.2) is 150 Å². The highest BCUT2D eigenvalue weighted by Gasteiger charge is 2.48. The molecule has 0 bridgehead atoms. The van der Waals surface area contributed by atoms with E-state index < -0.39 is 0 Å². The van der Waals surface area contributed by atoms with Crippen molar-refractivity contribution >= 4 is 59.2 Å². The van der Waals surface area contributed by atoms with Crippen LogP contribution in [0.25, 0.3) is 81.6 Å². The first kappa shape index (κ1) is 33.8. The molecule has 6 aromatic carbocycles. The standard InChI is InChI=1S/C55H42N2OS/c1-54(2)43-20-9-7-16-35(43)40-31-46-41(30-45(40)54)39-28-33(22-24-44(39)55(46)26-11-4-12-27-55)34-23-25-47-42(29-34)36-18-13-19-38(51(36)58-47)52-56-50(32-14-5-3-6-15-32)49-37-17-8-10-21-48(37)59-53(49)57-52/h3,5-10,13-25,29-31,33H,4,11-12,26-28H2,1-2H3. The maximum Gasteiger partial charge on any atom is 0.165 e. The summed E-state index contributed by atoms with van der Waals surface area (Å²) in [5, 5.41) is 4.55. The first-order chi connectivity index (χ1) is 29.0. The van der Waals surface area contributed by atoms with E-state index in [1.165, 1.54) is 75.6 Å². The maximum atomic E-state index is 6.77. The van der Waals surface area contributed by atoms with Crippen molar-refractivity contribution in [2.45, 2.75) is 69.1 Å². The molecule has 284 valence electrons. The van der Waals surface area contributed by atoms with Gasteiger partial charge in [-0.05, 0) is 106 Å². The van der Waals surface area contributed by atoms with Crippen LogP contribution in [-0.2, 0) is 10.8 Å². The van der Waals surface area contributed by atoms with E-state index in [1.807, 2.05) is 0 Å². The molecule has 1 saturated carbocycles. The summed E-state index contributed by atoms with van der Waals surface area (Å²) < 4.78 is 7.99. The van der Waals surface area contributed by atoms with Crippen molar-refractivity contribution in [2.75, 3.05) is 0 Å². The third-order valence-electron chi connectivity index (χ3n) is 14.5. The van der Waals surface area contributed by atoms with Crippen LogP contribution >= 0.6 is 11.3 Å². The van der Waals surface area contributed by atoms with Crippen molar-refractivity contribution in [1.82, 2.24) is 9.97 Å². The zero-order valence-corrected chi connectivity index (χ0v) is 34.1. The second-order valence-corrected chi connectivity index (χ2v) is 18.9. The zero-order chi connectivity index (χ0) is 39.0. The number of thiophene rings is 1. The molecule has 9 aromatic rings. The molecule has 0 radical (unpaired) electrons. The Labute approximate surface area is 347 Å². The van der Waals surface area contributed by atoms with Crippen LogP contribution in [0.4, 0.5) is 0 Å². The first-order valence-corrected chi connectivity index (χ1v) is 22.2. The summed E-state index contributed by atoms with van der Waals surface area (Å²) in [6, 6.07) is 46.8. The van der Waals surface area contributed by atoms with Crippen molar-refractivity contribution in [3.05, 3.63) is 173 Å². The Hall–Kier alpha value is -6.10. The average Bonchev–Trinajstić information content (AvgIpc) is 3.99. The fourth-order valence-corrected chi connectivity index (χ4v) is 12.7. The van der Waals surface area contributed by atoms with Gasteiger partial charge in [-0.3, -0.25) is 0 Å². The molecule has 3 aromatic heterocycles.